The van der Waals surface area contributed by atoms with E-state index >= 15 is 0 Å². The topological polar surface area (TPSA) is 21.3 Å². The Morgan fingerprint density at radius 3 is 2.57 bits per heavy atom. The van der Waals surface area contributed by atoms with Crippen molar-refractivity contribution in [1.82, 2.24) is 5.32 Å². The summed E-state index contributed by atoms with van der Waals surface area (Å²) in [6, 6.07) is 11.5. The molecule has 0 amide bonds. The zero-order valence-corrected chi connectivity index (χ0v) is 14.9. The van der Waals surface area contributed by atoms with Crippen LogP contribution in [0.4, 0.5) is 0 Å². The van der Waals surface area contributed by atoms with Gasteiger partial charge in [0.25, 0.3) is 0 Å². The third-order valence-corrected chi connectivity index (χ3v) is 3.88. The number of rotatable bonds is 5. The molecule has 0 atom stereocenters. The maximum Gasteiger partial charge on any atom is 0.147 e. The first-order valence-electron chi connectivity index (χ1n) is 6.60. The highest BCUT2D eigenvalue weighted by atomic mass is 79.9. The molecule has 0 bridgehead atoms. The Morgan fingerprint density at radius 1 is 1.10 bits per heavy atom. The van der Waals surface area contributed by atoms with Gasteiger partial charge in [0.05, 0.1) is 5.02 Å². The molecular formula is C16H16BrCl2NO. The fraction of sp³-hybridized carbons (Fsp3) is 0.250. The van der Waals surface area contributed by atoms with Crippen LogP contribution in [0.5, 0.6) is 11.5 Å². The van der Waals surface area contributed by atoms with Crippen LogP contribution in [0.1, 0.15) is 19.4 Å². The molecule has 0 radical (unpaired) electrons. The SMILES string of the molecule is CC(C)NCc1ccc(Cl)cc1Oc1cc(Br)ccc1Cl. The van der Waals surface area contributed by atoms with Crippen LogP contribution in [0.3, 0.4) is 0 Å². The van der Waals surface area contributed by atoms with Crippen molar-refractivity contribution in [2.75, 3.05) is 0 Å². The lowest BCUT2D eigenvalue weighted by Gasteiger charge is -2.15. The summed E-state index contributed by atoms with van der Waals surface area (Å²) in [6.07, 6.45) is 0. The first-order valence-corrected chi connectivity index (χ1v) is 8.15. The minimum Gasteiger partial charge on any atom is -0.455 e. The Kier molecular flexibility index (Phi) is 5.94. The van der Waals surface area contributed by atoms with E-state index in [1.807, 2.05) is 24.3 Å². The Morgan fingerprint density at radius 2 is 1.86 bits per heavy atom. The lowest BCUT2D eigenvalue weighted by Crippen LogP contribution is -2.22. The summed E-state index contributed by atoms with van der Waals surface area (Å²) in [4.78, 5) is 0. The van der Waals surface area contributed by atoms with E-state index in [-0.39, 0.29) is 0 Å². The van der Waals surface area contributed by atoms with Crippen molar-refractivity contribution in [3.05, 3.63) is 56.5 Å². The van der Waals surface area contributed by atoms with Gasteiger partial charge in [-0.25, -0.2) is 0 Å². The fourth-order valence-electron chi connectivity index (χ4n) is 1.76. The third kappa shape index (κ3) is 4.89. The first-order chi connectivity index (χ1) is 9.95. The zero-order valence-electron chi connectivity index (χ0n) is 11.8. The molecule has 2 nitrogen and oxygen atoms in total. The molecular weight excluding hydrogens is 373 g/mol. The van der Waals surface area contributed by atoms with Gasteiger partial charge >= 0.3 is 0 Å². The Labute approximate surface area is 143 Å². The van der Waals surface area contributed by atoms with E-state index in [1.54, 1.807) is 12.1 Å². The van der Waals surface area contributed by atoms with Crippen molar-refractivity contribution >= 4 is 39.1 Å². The maximum absolute atomic E-state index is 6.17. The van der Waals surface area contributed by atoms with Crippen molar-refractivity contribution in [2.24, 2.45) is 0 Å². The van der Waals surface area contributed by atoms with Gasteiger partial charge in [-0.2, -0.15) is 0 Å². The molecule has 0 spiro atoms. The zero-order chi connectivity index (χ0) is 15.4. The van der Waals surface area contributed by atoms with Crippen LogP contribution in [0.2, 0.25) is 10.0 Å². The minimum absolute atomic E-state index is 0.392. The molecule has 2 aromatic carbocycles. The van der Waals surface area contributed by atoms with Crippen LogP contribution >= 0.6 is 39.1 Å². The van der Waals surface area contributed by atoms with Crippen molar-refractivity contribution in [2.45, 2.75) is 26.4 Å². The quantitative estimate of drug-likeness (QED) is 0.673. The van der Waals surface area contributed by atoms with E-state index < -0.39 is 0 Å². The second-order valence-corrected chi connectivity index (χ2v) is 6.72. The molecule has 0 heterocycles. The van der Waals surface area contributed by atoms with Crippen LogP contribution in [0.15, 0.2) is 40.9 Å². The van der Waals surface area contributed by atoms with Crippen molar-refractivity contribution in [3.8, 4) is 11.5 Å². The molecule has 5 heteroatoms. The van der Waals surface area contributed by atoms with Crippen LogP contribution in [-0.4, -0.2) is 6.04 Å². The largest absolute Gasteiger partial charge is 0.455 e. The first kappa shape index (κ1) is 16.6. The number of hydrogen-bond acceptors (Lipinski definition) is 2. The number of nitrogens with one attached hydrogen (secondary N) is 1. The van der Waals surface area contributed by atoms with E-state index in [9.17, 15) is 0 Å². The highest BCUT2D eigenvalue weighted by Gasteiger charge is 2.10. The lowest BCUT2D eigenvalue weighted by molar-refractivity contribution is 0.469. The summed E-state index contributed by atoms with van der Waals surface area (Å²) in [5.74, 6) is 1.30. The van der Waals surface area contributed by atoms with Gasteiger partial charge in [-0.1, -0.05) is 59.0 Å². The average Bonchev–Trinajstić information content (AvgIpc) is 2.42. The molecule has 0 saturated carbocycles. The number of halogens is 3. The Hall–Kier alpha value is -0.740. The van der Waals surface area contributed by atoms with Crippen molar-refractivity contribution in [1.29, 1.82) is 0 Å². The molecule has 112 valence electrons. The normalized spacial score (nSPS) is 11.0. The molecule has 0 aliphatic rings. The van der Waals surface area contributed by atoms with Crippen LogP contribution < -0.4 is 10.1 Å². The van der Waals surface area contributed by atoms with Crippen molar-refractivity contribution in [3.63, 3.8) is 0 Å². The van der Waals surface area contributed by atoms with Crippen LogP contribution in [0.25, 0.3) is 0 Å². The monoisotopic (exact) mass is 387 g/mol. The predicted molar refractivity (Wildman–Crippen MR) is 92.7 cm³/mol. The van der Waals surface area contributed by atoms with Gasteiger partial charge in [0.1, 0.15) is 11.5 Å². The molecule has 2 rings (SSSR count). The van der Waals surface area contributed by atoms with Crippen LogP contribution in [0, 0.1) is 0 Å². The summed E-state index contributed by atoms with van der Waals surface area (Å²) in [5, 5.41) is 4.55. The van der Waals surface area contributed by atoms with Gasteiger partial charge in [-0.3, -0.25) is 0 Å². The standard InChI is InChI=1S/C16H16BrCl2NO/c1-10(2)20-9-11-3-5-13(18)8-15(11)21-16-7-12(17)4-6-14(16)19/h3-8,10,20H,9H2,1-2H3. The summed E-state index contributed by atoms with van der Waals surface area (Å²) < 4.78 is 6.86. The fourth-order valence-corrected chi connectivity index (χ4v) is 2.42. The lowest BCUT2D eigenvalue weighted by atomic mass is 10.2. The van der Waals surface area contributed by atoms with E-state index in [4.69, 9.17) is 27.9 Å². The van der Waals surface area contributed by atoms with E-state index in [2.05, 4.69) is 35.1 Å². The van der Waals surface area contributed by atoms with E-state index in [0.717, 1.165) is 10.0 Å². The van der Waals surface area contributed by atoms with Crippen LogP contribution in [-0.2, 0) is 6.54 Å². The molecule has 0 saturated heterocycles. The minimum atomic E-state index is 0.392. The van der Waals surface area contributed by atoms with Gasteiger partial charge in [-0.15, -0.1) is 0 Å². The Balaban J connectivity index is 2.29. The van der Waals surface area contributed by atoms with Gasteiger partial charge in [0.2, 0.25) is 0 Å². The predicted octanol–water partition coefficient (Wildman–Crippen LogP) is 6.05. The Bertz CT molecular complexity index is 632. The molecule has 1 N–H and O–H groups in total. The smallest absolute Gasteiger partial charge is 0.147 e. The maximum atomic E-state index is 6.17. The molecule has 0 fully saturated rings. The number of hydrogen-bond donors (Lipinski definition) is 1. The molecule has 0 aliphatic carbocycles. The highest BCUT2D eigenvalue weighted by Crippen LogP contribution is 2.34. The summed E-state index contributed by atoms with van der Waals surface area (Å²) in [7, 11) is 0. The van der Waals surface area contributed by atoms with Gasteiger partial charge in [-0.05, 0) is 30.3 Å². The van der Waals surface area contributed by atoms with Gasteiger partial charge < -0.3 is 10.1 Å². The number of ether oxygens (including phenoxy) is 1. The van der Waals surface area contributed by atoms with Gasteiger partial charge in [0.15, 0.2) is 0 Å². The van der Waals surface area contributed by atoms with Crippen molar-refractivity contribution < 1.29 is 4.74 Å². The summed E-state index contributed by atoms with van der Waals surface area (Å²) >= 11 is 15.7. The average molecular weight is 389 g/mol. The highest BCUT2D eigenvalue weighted by molar-refractivity contribution is 9.10. The third-order valence-electron chi connectivity index (χ3n) is 2.84. The second kappa shape index (κ2) is 7.50. The molecule has 0 aromatic heterocycles. The summed E-state index contributed by atoms with van der Waals surface area (Å²) in [6.45, 7) is 4.90. The summed E-state index contributed by atoms with van der Waals surface area (Å²) in [5.41, 5.74) is 1.03. The number of benzene rings is 2. The van der Waals surface area contributed by atoms with E-state index in [1.165, 1.54) is 0 Å². The van der Waals surface area contributed by atoms with E-state index in [0.29, 0.717) is 34.1 Å². The molecule has 2 aromatic rings. The molecule has 0 unspecified atom stereocenters. The molecule has 21 heavy (non-hydrogen) atoms. The van der Waals surface area contributed by atoms with Gasteiger partial charge in [0, 0.05) is 27.6 Å². The second-order valence-electron chi connectivity index (χ2n) is 4.96. The molecule has 0 aliphatic heterocycles.